The molecule has 2 aromatic heterocycles. The minimum Gasteiger partial charge on any atom is -0.548 e. The van der Waals surface area contributed by atoms with Crippen molar-refractivity contribution in [3.05, 3.63) is 44.5 Å². The van der Waals surface area contributed by atoms with Gasteiger partial charge in [-0.3, -0.25) is 4.79 Å². The number of carbonyl (C=O) groups is 2. The topological polar surface area (TPSA) is 113 Å². The second-order valence-corrected chi connectivity index (χ2v) is 7.83. The molecular weight excluding hydrogens is 374 g/mol. The third-order valence-electron chi connectivity index (χ3n) is 5.45. The van der Waals surface area contributed by atoms with Crippen molar-refractivity contribution >= 4 is 33.8 Å². The largest absolute Gasteiger partial charge is 0.548 e. The highest BCUT2D eigenvalue weighted by Gasteiger charge is 2.23. The van der Waals surface area contributed by atoms with E-state index in [0.29, 0.717) is 22.1 Å². The van der Waals surface area contributed by atoms with Crippen molar-refractivity contribution < 1.29 is 23.5 Å². The molecule has 0 saturated carbocycles. The number of hydrogen-bond donors (Lipinski definition) is 1. The van der Waals surface area contributed by atoms with Crippen molar-refractivity contribution in [3.8, 4) is 0 Å². The fourth-order valence-corrected chi connectivity index (χ4v) is 3.72. The number of carbonyl (C=O) groups excluding carboxylic acids is 2. The number of benzene rings is 1. The number of rotatable bonds is 5. The van der Waals surface area contributed by atoms with Crippen LogP contribution < -0.4 is 16.0 Å². The Balaban J connectivity index is 2.12. The molecule has 2 heterocycles. The smallest absolute Gasteiger partial charge is 0.340 e. The van der Waals surface area contributed by atoms with Gasteiger partial charge in [0.2, 0.25) is 5.91 Å². The average molecular weight is 398 g/mol. The van der Waals surface area contributed by atoms with Crippen molar-refractivity contribution in [1.29, 1.82) is 0 Å². The zero-order valence-corrected chi connectivity index (χ0v) is 17.4. The zero-order valence-electron chi connectivity index (χ0n) is 17.4. The van der Waals surface area contributed by atoms with E-state index in [1.54, 1.807) is 26.8 Å². The number of carboxylic acids is 1. The summed E-state index contributed by atoms with van der Waals surface area (Å²) in [5, 5.41) is 15.3. The Morgan fingerprint density at radius 1 is 1.07 bits per heavy atom. The maximum Gasteiger partial charge on any atom is 0.340 e. The first-order valence-electron chi connectivity index (χ1n) is 9.48. The van der Waals surface area contributed by atoms with Crippen LogP contribution in [0.15, 0.2) is 19.7 Å². The number of furan rings is 1. The van der Waals surface area contributed by atoms with Crippen LogP contribution in [-0.2, 0) is 16.0 Å². The normalized spacial score (nSPS) is 12.7. The molecule has 0 aliphatic heterocycles. The van der Waals surface area contributed by atoms with Gasteiger partial charge in [0.05, 0.1) is 29.4 Å². The highest BCUT2D eigenvalue weighted by molar-refractivity contribution is 6.07. The predicted molar refractivity (Wildman–Crippen MR) is 107 cm³/mol. The van der Waals surface area contributed by atoms with Gasteiger partial charge in [-0.1, -0.05) is 13.8 Å². The first-order valence-corrected chi connectivity index (χ1v) is 9.48. The lowest BCUT2D eigenvalue weighted by molar-refractivity contribution is -0.309. The Morgan fingerprint density at radius 3 is 2.31 bits per heavy atom. The maximum atomic E-state index is 12.6. The molecule has 3 aromatic rings. The highest BCUT2D eigenvalue weighted by atomic mass is 16.4. The fourth-order valence-electron chi connectivity index (χ4n) is 3.72. The van der Waals surface area contributed by atoms with Gasteiger partial charge in [-0.25, -0.2) is 4.79 Å². The van der Waals surface area contributed by atoms with Crippen LogP contribution in [-0.4, -0.2) is 17.9 Å². The minimum absolute atomic E-state index is 0.174. The molecule has 1 amide bonds. The molecule has 154 valence electrons. The SMILES string of the molecule is Cc1oc2c(c(C)cc3oc(=O)c(CC(=O)N[C@H](C(=O)[O-])C(C)C)c(C)c32)c1C. The minimum atomic E-state index is -1.37. The second-order valence-electron chi connectivity index (χ2n) is 7.83. The molecule has 0 aliphatic rings. The van der Waals surface area contributed by atoms with E-state index in [0.717, 1.165) is 22.3 Å². The quantitative estimate of drug-likeness (QED) is 0.660. The third kappa shape index (κ3) is 3.52. The lowest BCUT2D eigenvalue weighted by Crippen LogP contribution is -2.51. The van der Waals surface area contributed by atoms with E-state index >= 15 is 0 Å². The van der Waals surface area contributed by atoms with Crippen LogP contribution in [0.3, 0.4) is 0 Å². The molecule has 0 spiro atoms. The molecule has 0 bridgehead atoms. The number of amides is 1. The van der Waals surface area contributed by atoms with E-state index in [4.69, 9.17) is 8.83 Å². The molecule has 0 unspecified atom stereocenters. The molecule has 29 heavy (non-hydrogen) atoms. The van der Waals surface area contributed by atoms with Crippen molar-refractivity contribution in [2.24, 2.45) is 5.92 Å². The first-order chi connectivity index (χ1) is 13.5. The van der Waals surface area contributed by atoms with E-state index in [1.807, 2.05) is 20.8 Å². The van der Waals surface area contributed by atoms with Gasteiger partial charge in [0.1, 0.15) is 16.9 Å². The maximum absolute atomic E-state index is 12.6. The standard InChI is InChI=1S/C22H25NO6/c1-9(2)19(21(25)26)23-16(24)8-14-12(5)18-15(29-22(14)27)7-10(3)17-11(4)13(6)28-20(17)18/h7,9,19H,8H2,1-6H3,(H,23,24)(H,25,26)/p-1/t19-/m0/s1. The summed E-state index contributed by atoms with van der Waals surface area (Å²) in [6, 6.07) is 0.656. The van der Waals surface area contributed by atoms with Crippen LogP contribution in [0.4, 0.5) is 0 Å². The summed E-state index contributed by atoms with van der Waals surface area (Å²) in [6.07, 6.45) is -0.297. The van der Waals surface area contributed by atoms with Crippen LogP contribution in [0, 0.1) is 33.6 Å². The highest BCUT2D eigenvalue weighted by Crippen LogP contribution is 2.36. The number of hydrogen-bond acceptors (Lipinski definition) is 6. The van der Waals surface area contributed by atoms with Gasteiger partial charge in [0, 0.05) is 5.39 Å². The van der Waals surface area contributed by atoms with E-state index in [2.05, 4.69) is 5.32 Å². The molecule has 3 rings (SSSR count). The van der Waals surface area contributed by atoms with Gasteiger partial charge in [-0.05, 0) is 56.4 Å². The molecule has 0 radical (unpaired) electrons. The van der Waals surface area contributed by atoms with E-state index in [-0.39, 0.29) is 17.9 Å². The molecular formula is C22H24NO6-. The summed E-state index contributed by atoms with van der Waals surface area (Å²) in [6.45, 7) is 10.8. The second kappa shape index (κ2) is 7.39. The summed E-state index contributed by atoms with van der Waals surface area (Å²) >= 11 is 0. The van der Waals surface area contributed by atoms with Gasteiger partial charge >= 0.3 is 5.63 Å². The molecule has 7 heteroatoms. The lowest BCUT2D eigenvalue weighted by atomic mass is 9.98. The first kappa shape index (κ1) is 20.6. The molecule has 1 atom stereocenters. The fraction of sp³-hybridized carbons (Fsp3) is 0.409. The van der Waals surface area contributed by atoms with Crippen LogP contribution in [0.2, 0.25) is 0 Å². The number of nitrogens with one attached hydrogen (secondary N) is 1. The predicted octanol–water partition coefficient (Wildman–Crippen LogP) is 2.21. The number of carboxylic acid groups (broad SMARTS) is 1. The van der Waals surface area contributed by atoms with Gasteiger partial charge in [-0.15, -0.1) is 0 Å². The van der Waals surface area contributed by atoms with Crippen LogP contribution in [0.25, 0.3) is 21.9 Å². The summed E-state index contributed by atoms with van der Waals surface area (Å²) in [7, 11) is 0. The average Bonchev–Trinajstić information content (AvgIpc) is 2.91. The van der Waals surface area contributed by atoms with Crippen molar-refractivity contribution in [2.45, 2.75) is 54.0 Å². The Hall–Kier alpha value is -3.09. The van der Waals surface area contributed by atoms with E-state index in [9.17, 15) is 19.5 Å². The molecule has 0 saturated heterocycles. The van der Waals surface area contributed by atoms with Crippen LogP contribution >= 0.6 is 0 Å². The Labute approximate surface area is 167 Å². The number of aliphatic carboxylic acids is 1. The molecule has 0 fully saturated rings. The van der Waals surface area contributed by atoms with Gasteiger partial charge in [0.15, 0.2) is 0 Å². The Bertz CT molecular complexity index is 1200. The van der Waals surface area contributed by atoms with Crippen LogP contribution in [0.1, 0.15) is 41.9 Å². The summed E-state index contributed by atoms with van der Waals surface area (Å²) in [4.78, 5) is 36.2. The Kier molecular flexibility index (Phi) is 5.26. The molecule has 0 aliphatic carbocycles. The van der Waals surface area contributed by atoms with Gasteiger partial charge < -0.3 is 24.1 Å². The summed E-state index contributed by atoms with van der Waals surface area (Å²) < 4.78 is 11.4. The Morgan fingerprint density at radius 2 is 1.72 bits per heavy atom. The van der Waals surface area contributed by atoms with E-state index in [1.165, 1.54) is 0 Å². The number of fused-ring (bicyclic) bond motifs is 3. The monoisotopic (exact) mass is 398 g/mol. The third-order valence-corrected chi connectivity index (χ3v) is 5.45. The molecule has 7 nitrogen and oxygen atoms in total. The number of aryl methyl sites for hydroxylation is 4. The van der Waals surface area contributed by atoms with Gasteiger partial charge in [0.25, 0.3) is 0 Å². The van der Waals surface area contributed by atoms with Crippen molar-refractivity contribution in [1.82, 2.24) is 5.32 Å². The van der Waals surface area contributed by atoms with Crippen LogP contribution in [0.5, 0.6) is 0 Å². The molecule has 1 N–H and O–H groups in total. The van der Waals surface area contributed by atoms with Crippen molar-refractivity contribution in [3.63, 3.8) is 0 Å². The zero-order chi connectivity index (χ0) is 21.6. The summed E-state index contributed by atoms with van der Waals surface area (Å²) in [5.74, 6) is -1.53. The van der Waals surface area contributed by atoms with Gasteiger partial charge in [-0.2, -0.15) is 0 Å². The summed E-state index contributed by atoms with van der Waals surface area (Å²) in [5.41, 5.74) is 3.09. The lowest BCUT2D eigenvalue weighted by Gasteiger charge is -2.23. The van der Waals surface area contributed by atoms with E-state index < -0.39 is 23.5 Å². The molecule has 1 aromatic carbocycles. The van der Waals surface area contributed by atoms with Crippen molar-refractivity contribution in [2.75, 3.05) is 0 Å².